The highest BCUT2D eigenvalue weighted by atomic mass is 32.2. The van der Waals surface area contributed by atoms with Crippen LogP contribution in [-0.4, -0.2) is 38.7 Å². The van der Waals surface area contributed by atoms with E-state index in [1.807, 2.05) is 6.92 Å². The minimum atomic E-state index is -2.04. The Hall–Kier alpha value is 0.0300. The molecule has 0 bridgehead atoms. The summed E-state index contributed by atoms with van der Waals surface area (Å²) in [6.45, 7) is 4.01. The van der Waals surface area contributed by atoms with Gasteiger partial charge >= 0.3 is 0 Å². The van der Waals surface area contributed by atoms with Crippen molar-refractivity contribution in [1.29, 1.82) is 0 Å². The molecule has 0 aromatic heterocycles. The fourth-order valence-corrected chi connectivity index (χ4v) is 1.65. The predicted molar refractivity (Wildman–Crippen MR) is 38.0 cm³/mol. The molecule has 2 atom stereocenters. The van der Waals surface area contributed by atoms with Crippen molar-refractivity contribution in [2.45, 2.75) is 13.0 Å². The molecule has 0 aliphatic carbocycles. The van der Waals surface area contributed by atoms with Crippen LogP contribution >= 0.6 is 0 Å². The molecular weight excluding hydrogens is 152 g/mol. The Morgan fingerprint density at radius 1 is 1.80 bits per heavy atom. The molecule has 60 valence electrons. The van der Waals surface area contributed by atoms with Gasteiger partial charge in [-0.05, 0) is 6.92 Å². The first-order valence-corrected chi connectivity index (χ1v) is 4.31. The minimum Gasteiger partial charge on any atom is -0.760 e. The zero-order chi connectivity index (χ0) is 7.56. The zero-order valence-corrected chi connectivity index (χ0v) is 6.69. The van der Waals surface area contributed by atoms with Gasteiger partial charge in [-0.2, -0.15) is 0 Å². The van der Waals surface area contributed by atoms with Gasteiger partial charge in [0, 0.05) is 36.9 Å². The highest BCUT2D eigenvalue weighted by Crippen LogP contribution is 2.02. The summed E-state index contributed by atoms with van der Waals surface area (Å²) < 4.78 is 22.4. The summed E-state index contributed by atoms with van der Waals surface area (Å²) in [6.07, 6.45) is 0. The van der Waals surface area contributed by atoms with Gasteiger partial charge in [0.1, 0.15) is 0 Å². The summed E-state index contributed by atoms with van der Waals surface area (Å²) >= 11 is -2.04. The van der Waals surface area contributed by atoms with Crippen molar-refractivity contribution in [3.05, 3.63) is 0 Å². The van der Waals surface area contributed by atoms with Crippen molar-refractivity contribution in [2.24, 2.45) is 0 Å². The Morgan fingerprint density at radius 3 is 2.90 bits per heavy atom. The van der Waals surface area contributed by atoms with E-state index in [2.05, 4.69) is 5.32 Å². The van der Waals surface area contributed by atoms with E-state index >= 15 is 0 Å². The fraction of sp³-hybridized carbons (Fsp3) is 1.00. The number of nitrogens with one attached hydrogen (secondary N) is 1. The predicted octanol–water partition coefficient (Wildman–Crippen LogP) is -0.926. The molecule has 1 aliphatic heterocycles. The van der Waals surface area contributed by atoms with Gasteiger partial charge in [-0.15, -0.1) is 0 Å². The van der Waals surface area contributed by atoms with Gasteiger partial charge in [0.2, 0.25) is 0 Å². The van der Waals surface area contributed by atoms with Gasteiger partial charge in [-0.3, -0.25) is 4.21 Å². The van der Waals surface area contributed by atoms with E-state index in [4.69, 9.17) is 0 Å². The van der Waals surface area contributed by atoms with Gasteiger partial charge in [-0.1, -0.05) is 0 Å². The molecule has 0 saturated carbocycles. The Bertz CT molecular complexity index is 142. The number of nitrogens with zero attached hydrogens (tertiary/aromatic N) is 1. The van der Waals surface area contributed by atoms with Gasteiger partial charge < -0.3 is 9.87 Å². The molecule has 5 heteroatoms. The molecular formula is C5H11N2O2S-. The third kappa shape index (κ3) is 1.76. The van der Waals surface area contributed by atoms with Crippen LogP contribution in [0, 0.1) is 0 Å². The lowest BCUT2D eigenvalue weighted by Crippen LogP contribution is -2.50. The Balaban J connectivity index is 2.47. The first kappa shape index (κ1) is 8.13. The Morgan fingerprint density at radius 2 is 2.50 bits per heavy atom. The monoisotopic (exact) mass is 163 g/mol. The van der Waals surface area contributed by atoms with E-state index < -0.39 is 11.3 Å². The standard InChI is InChI=1S/C5H12N2O2S/c1-5-4-6-2-3-7(5)10(8)9/h5-6H,2-4H2,1H3,(H,8,9)/p-1. The van der Waals surface area contributed by atoms with E-state index in [1.54, 1.807) is 0 Å². The summed E-state index contributed by atoms with van der Waals surface area (Å²) in [7, 11) is 0. The first-order chi connectivity index (χ1) is 4.72. The lowest BCUT2D eigenvalue weighted by Gasteiger charge is -2.34. The van der Waals surface area contributed by atoms with E-state index in [1.165, 1.54) is 4.31 Å². The summed E-state index contributed by atoms with van der Waals surface area (Å²) in [6, 6.07) is 0.104. The summed E-state index contributed by atoms with van der Waals surface area (Å²) in [5.41, 5.74) is 0. The molecule has 4 nitrogen and oxygen atoms in total. The SMILES string of the molecule is CC1CNCCN1S(=O)[O-]. The highest BCUT2D eigenvalue weighted by Gasteiger charge is 2.17. The molecule has 1 N–H and O–H groups in total. The molecule has 0 aromatic carbocycles. The van der Waals surface area contributed by atoms with E-state index in [9.17, 15) is 8.76 Å². The van der Waals surface area contributed by atoms with Gasteiger partial charge in [-0.25, -0.2) is 4.31 Å². The topological polar surface area (TPSA) is 55.4 Å². The normalized spacial score (nSPS) is 32.0. The average molecular weight is 163 g/mol. The maximum absolute atomic E-state index is 10.5. The van der Waals surface area contributed by atoms with Crippen LogP contribution < -0.4 is 5.32 Å². The van der Waals surface area contributed by atoms with Crippen molar-refractivity contribution in [2.75, 3.05) is 19.6 Å². The van der Waals surface area contributed by atoms with Crippen molar-refractivity contribution >= 4 is 11.3 Å². The molecule has 1 aliphatic rings. The van der Waals surface area contributed by atoms with Crippen LogP contribution in [-0.2, 0) is 11.3 Å². The molecule has 2 unspecified atom stereocenters. The second kappa shape index (κ2) is 3.43. The van der Waals surface area contributed by atoms with E-state index in [0.29, 0.717) is 6.54 Å². The number of hydrogen-bond donors (Lipinski definition) is 1. The van der Waals surface area contributed by atoms with Crippen molar-refractivity contribution in [3.63, 3.8) is 0 Å². The van der Waals surface area contributed by atoms with Crippen LogP contribution in [0.2, 0.25) is 0 Å². The van der Waals surface area contributed by atoms with Gasteiger partial charge in [0.25, 0.3) is 0 Å². The van der Waals surface area contributed by atoms with E-state index in [0.717, 1.165) is 13.1 Å². The van der Waals surface area contributed by atoms with Gasteiger partial charge in [0.15, 0.2) is 0 Å². The summed E-state index contributed by atoms with van der Waals surface area (Å²) in [5, 5.41) is 3.10. The quantitative estimate of drug-likeness (QED) is 0.508. The van der Waals surface area contributed by atoms with Crippen molar-refractivity contribution in [3.8, 4) is 0 Å². The second-order valence-corrected chi connectivity index (χ2v) is 3.31. The molecule has 1 saturated heterocycles. The maximum atomic E-state index is 10.5. The zero-order valence-electron chi connectivity index (χ0n) is 5.87. The highest BCUT2D eigenvalue weighted by molar-refractivity contribution is 7.76. The summed E-state index contributed by atoms with van der Waals surface area (Å²) in [4.78, 5) is 0. The molecule has 0 aromatic rings. The Kier molecular flexibility index (Phi) is 2.79. The molecule has 0 amide bonds. The van der Waals surface area contributed by atoms with Crippen LogP contribution in [0.25, 0.3) is 0 Å². The second-order valence-electron chi connectivity index (χ2n) is 2.41. The minimum absolute atomic E-state index is 0.104. The average Bonchev–Trinajstić information content (AvgIpc) is 1.88. The first-order valence-electron chi connectivity index (χ1n) is 3.28. The third-order valence-corrected chi connectivity index (χ3v) is 2.56. The third-order valence-electron chi connectivity index (χ3n) is 1.63. The molecule has 10 heavy (non-hydrogen) atoms. The van der Waals surface area contributed by atoms with Gasteiger partial charge in [0.05, 0.1) is 0 Å². The van der Waals surface area contributed by atoms with Crippen LogP contribution in [0.1, 0.15) is 6.92 Å². The fourth-order valence-electron chi connectivity index (χ4n) is 1.04. The van der Waals surface area contributed by atoms with E-state index in [-0.39, 0.29) is 6.04 Å². The molecule has 0 spiro atoms. The van der Waals surface area contributed by atoms with Crippen LogP contribution in [0.5, 0.6) is 0 Å². The molecule has 1 fully saturated rings. The van der Waals surface area contributed by atoms with Crippen LogP contribution in [0.3, 0.4) is 0 Å². The number of piperazine rings is 1. The number of rotatable bonds is 1. The van der Waals surface area contributed by atoms with Crippen molar-refractivity contribution in [1.82, 2.24) is 9.62 Å². The Labute approximate surface area is 63.0 Å². The van der Waals surface area contributed by atoms with Crippen LogP contribution in [0.15, 0.2) is 0 Å². The lowest BCUT2D eigenvalue weighted by molar-refractivity contribution is 0.275. The molecule has 1 rings (SSSR count). The van der Waals surface area contributed by atoms with Crippen LogP contribution in [0.4, 0.5) is 0 Å². The summed E-state index contributed by atoms with van der Waals surface area (Å²) in [5.74, 6) is 0. The molecule has 0 radical (unpaired) electrons. The number of hydrogen-bond acceptors (Lipinski definition) is 3. The lowest BCUT2D eigenvalue weighted by atomic mass is 10.3. The maximum Gasteiger partial charge on any atom is 0.0312 e. The largest absolute Gasteiger partial charge is 0.760 e. The molecule has 1 heterocycles. The van der Waals surface area contributed by atoms with Crippen molar-refractivity contribution < 1.29 is 8.76 Å². The smallest absolute Gasteiger partial charge is 0.0312 e.